The van der Waals surface area contributed by atoms with Crippen LogP contribution in [0.1, 0.15) is 33.5 Å². The summed E-state index contributed by atoms with van der Waals surface area (Å²) in [6, 6.07) is 17.0. The zero-order chi connectivity index (χ0) is 18.8. The zero-order valence-electron chi connectivity index (χ0n) is 15.0. The topological polar surface area (TPSA) is 57.6 Å². The third-order valence-electron chi connectivity index (χ3n) is 5.96. The van der Waals surface area contributed by atoms with Gasteiger partial charge < -0.3 is 10.0 Å². The Labute approximate surface area is 157 Å². The van der Waals surface area contributed by atoms with Crippen LogP contribution in [0.15, 0.2) is 54.6 Å². The molecule has 1 heterocycles. The molecule has 1 aliphatic heterocycles. The maximum Gasteiger partial charge on any atom is 0.263 e. The molecule has 5 rings (SSSR count). The molecule has 2 aliphatic rings. The Morgan fingerprint density at radius 3 is 2.59 bits per heavy atom. The summed E-state index contributed by atoms with van der Waals surface area (Å²) in [6.45, 7) is 0. The molecule has 0 fully saturated rings. The number of anilines is 1. The van der Waals surface area contributed by atoms with Gasteiger partial charge in [-0.3, -0.25) is 9.59 Å². The number of likely N-dealkylation sites (N-methyl/N-ethyl adjacent to an activating group) is 1. The minimum atomic E-state index is -1.81. The number of aliphatic hydroxyl groups is 1. The number of hydrogen-bond acceptors (Lipinski definition) is 3. The number of Topliss-reactive ketones (excluding diaryl/α,β-unsaturated/α-hetero) is 1. The van der Waals surface area contributed by atoms with Gasteiger partial charge in [0.2, 0.25) is 0 Å². The van der Waals surface area contributed by atoms with E-state index in [0.717, 1.165) is 23.6 Å². The van der Waals surface area contributed by atoms with E-state index < -0.39 is 11.5 Å². The van der Waals surface area contributed by atoms with Crippen LogP contribution in [0.5, 0.6) is 0 Å². The van der Waals surface area contributed by atoms with Crippen LogP contribution in [-0.2, 0) is 23.2 Å². The molecular formula is C23H19NO3. The minimum Gasteiger partial charge on any atom is -0.375 e. The molecule has 1 aliphatic carbocycles. The molecule has 1 atom stereocenters. The predicted octanol–water partition coefficient (Wildman–Crippen LogP) is 3.38. The highest BCUT2D eigenvalue weighted by Gasteiger charge is 2.49. The highest BCUT2D eigenvalue weighted by molar-refractivity contribution is 6.14. The summed E-state index contributed by atoms with van der Waals surface area (Å²) in [5.74, 6) is -0.672. The van der Waals surface area contributed by atoms with Gasteiger partial charge in [0.05, 0.1) is 12.1 Å². The first kappa shape index (κ1) is 16.2. The van der Waals surface area contributed by atoms with Gasteiger partial charge in [-0.1, -0.05) is 48.5 Å². The first-order valence-electron chi connectivity index (χ1n) is 9.17. The summed E-state index contributed by atoms with van der Waals surface area (Å²) in [6.07, 6.45) is 1.72. The normalized spacial score (nSPS) is 20.4. The van der Waals surface area contributed by atoms with Gasteiger partial charge in [0.25, 0.3) is 5.91 Å². The van der Waals surface area contributed by atoms with Crippen molar-refractivity contribution in [3.63, 3.8) is 0 Å². The molecule has 134 valence electrons. The van der Waals surface area contributed by atoms with Crippen LogP contribution in [0.3, 0.4) is 0 Å². The lowest BCUT2D eigenvalue weighted by Crippen LogP contribution is -2.40. The monoisotopic (exact) mass is 357 g/mol. The van der Waals surface area contributed by atoms with Crippen molar-refractivity contribution in [1.82, 2.24) is 0 Å². The molecule has 27 heavy (non-hydrogen) atoms. The van der Waals surface area contributed by atoms with Crippen molar-refractivity contribution in [2.45, 2.75) is 24.9 Å². The fourth-order valence-electron chi connectivity index (χ4n) is 4.61. The van der Waals surface area contributed by atoms with Crippen molar-refractivity contribution in [1.29, 1.82) is 0 Å². The van der Waals surface area contributed by atoms with Gasteiger partial charge in [-0.2, -0.15) is 0 Å². The third-order valence-corrected chi connectivity index (χ3v) is 5.96. The molecule has 0 unspecified atom stereocenters. The predicted molar refractivity (Wildman–Crippen MR) is 104 cm³/mol. The Kier molecular flexibility index (Phi) is 3.31. The molecule has 4 heteroatoms. The summed E-state index contributed by atoms with van der Waals surface area (Å²) < 4.78 is 0. The molecule has 1 amide bonds. The van der Waals surface area contributed by atoms with Gasteiger partial charge >= 0.3 is 0 Å². The molecule has 0 bridgehead atoms. The van der Waals surface area contributed by atoms with Gasteiger partial charge in [0, 0.05) is 18.2 Å². The second kappa shape index (κ2) is 5.51. The first-order valence-corrected chi connectivity index (χ1v) is 9.17. The van der Waals surface area contributed by atoms with E-state index in [1.54, 1.807) is 25.2 Å². The van der Waals surface area contributed by atoms with Gasteiger partial charge in [-0.15, -0.1) is 0 Å². The van der Waals surface area contributed by atoms with Crippen LogP contribution in [0, 0.1) is 0 Å². The molecule has 1 N–H and O–H groups in total. The van der Waals surface area contributed by atoms with Crippen molar-refractivity contribution < 1.29 is 14.7 Å². The number of nitrogens with zero attached hydrogens (tertiary/aromatic N) is 1. The second-order valence-electron chi connectivity index (χ2n) is 7.45. The second-order valence-corrected chi connectivity index (χ2v) is 7.45. The van der Waals surface area contributed by atoms with Crippen LogP contribution in [-0.4, -0.2) is 23.8 Å². The number of carbonyl (C=O) groups excluding carboxylic acids is 2. The lowest BCUT2D eigenvalue weighted by molar-refractivity contribution is -0.135. The number of rotatable bonds is 3. The van der Waals surface area contributed by atoms with E-state index in [1.807, 2.05) is 30.3 Å². The van der Waals surface area contributed by atoms with Crippen LogP contribution in [0.2, 0.25) is 0 Å². The average Bonchev–Trinajstić information content (AvgIpc) is 3.18. The smallest absolute Gasteiger partial charge is 0.263 e. The Morgan fingerprint density at radius 1 is 1.04 bits per heavy atom. The number of hydrogen-bond donors (Lipinski definition) is 1. The molecule has 3 aromatic rings. The summed E-state index contributed by atoms with van der Waals surface area (Å²) in [5.41, 5.74) is 2.43. The average molecular weight is 357 g/mol. The fraction of sp³-hybridized carbons (Fsp3) is 0.217. The Hall–Kier alpha value is -2.98. The minimum absolute atomic E-state index is 0.216. The lowest BCUT2D eigenvalue weighted by Gasteiger charge is -2.21. The molecule has 3 aromatic carbocycles. The van der Waals surface area contributed by atoms with E-state index in [9.17, 15) is 14.7 Å². The maximum atomic E-state index is 13.2. The van der Waals surface area contributed by atoms with Crippen molar-refractivity contribution in [3.05, 3.63) is 76.9 Å². The summed E-state index contributed by atoms with van der Waals surface area (Å²) >= 11 is 0. The van der Waals surface area contributed by atoms with E-state index in [2.05, 4.69) is 6.07 Å². The van der Waals surface area contributed by atoms with E-state index in [4.69, 9.17) is 0 Å². The highest BCUT2D eigenvalue weighted by Crippen LogP contribution is 2.42. The molecule has 0 spiro atoms. The van der Waals surface area contributed by atoms with Crippen LogP contribution in [0.25, 0.3) is 10.8 Å². The number of benzene rings is 3. The van der Waals surface area contributed by atoms with Crippen LogP contribution >= 0.6 is 0 Å². The van der Waals surface area contributed by atoms with Gasteiger partial charge in [-0.25, -0.2) is 0 Å². The molecule has 0 saturated carbocycles. The number of aryl methyl sites for hydroxylation is 2. The van der Waals surface area contributed by atoms with Crippen molar-refractivity contribution in [2.75, 3.05) is 11.9 Å². The number of carbonyl (C=O) groups is 2. The lowest BCUT2D eigenvalue weighted by atomic mass is 9.86. The van der Waals surface area contributed by atoms with Gasteiger partial charge in [0.1, 0.15) is 0 Å². The quantitative estimate of drug-likeness (QED) is 0.731. The van der Waals surface area contributed by atoms with E-state index in [0.29, 0.717) is 16.8 Å². The molecule has 0 radical (unpaired) electrons. The van der Waals surface area contributed by atoms with Crippen LogP contribution in [0.4, 0.5) is 5.69 Å². The van der Waals surface area contributed by atoms with Crippen molar-refractivity contribution in [2.24, 2.45) is 0 Å². The maximum absolute atomic E-state index is 13.2. The standard InChI is InChI=1S/C23H19NO3/c1-24-19-8-3-2-7-18(19)23(27,22(24)26)13-20(25)16-12-11-15-10-9-14-5-4-6-17(16)21(14)15/h2-8,11-12,27H,9-10,13H2,1H3/t23-/m1/s1. The Bertz CT molecular complexity index is 1120. The Balaban J connectivity index is 1.59. The molecule has 0 aromatic heterocycles. The van der Waals surface area contributed by atoms with Crippen molar-refractivity contribution in [3.8, 4) is 0 Å². The summed E-state index contributed by atoms with van der Waals surface area (Å²) in [5, 5.41) is 13.3. The van der Waals surface area contributed by atoms with Gasteiger partial charge in [0.15, 0.2) is 11.4 Å². The largest absolute Gasteiger partial charge is 0.375 e. The van der Waals surface area contributed by atoms with E-state index >= 15 is 0 Å². The zero-order valence-corrected chi connectivity index (χ0v) is 15.0. The third kappa shape index (κ3) is 2.14. The molecular weight excluding hydrogens is 338 g/mol. The summed E-state index contributed by atoms with van der Waals surface area (Å²) in [4.78, 5) is 27.4. The number of amides is 1. The Morgan fingerprint density at radius 2 is 1.78 bits per heavy atom. The SMILES string of the molecule is CN1C(=O)[C@@](O)(CC(=O)c2ccc3c4c(cccc24)CC3)c2ccccc21. The highest BCUT2D eigenvalue weighted by atomic mass is 16.3. The fourth-order valence-corrected chi connectivity index (χ4v) is 4.61. The van der Waals surface area contributed by atoms with E-state index in [-0.39, 0.29) is 12.2 Å². The molecule has 4 nitrogen and oxygen atoms in total. The summed E-state index contributed by atoms with van der Waals surface area (Å²) in [7, 11) is 1.63. The van der Waals surface area contributed by atoms with Crippen LogP contribution < -0.4 is 4.90 Å². The number of para-hydroxylation sites is 1. The number of ketones is 1. The molecule has 0 saturated heterocycles. The number of fused-ring (bicyclic) bond motifs is 1. The van der Waals surface area contributed by atoms with Crippen molar-refractivity contribution >= 4 is 28.2 Å². The first-order chi connectivity index (χ1) is 13.0. The van der Waals surface area contributed by atoms with Gasteiger partial charge in [-0.05, 0) is 40.8 Å². The van der Waals surface area contributed by atoms with E-state index in [1.165, 1.54) is 16.0 Å².